The van der Waals surface area contributed by atoms with E-state index < -0.39 is 0 Å². The minimum absolute atomic E-state index is 0.495. The molecule has 0 amide bonds. The predicted octanol–water partition coefficient (Wildman–Crippen LogP) is 1.60. The molecule has 2 nitrogen and oxygen atoms in total. The highest BCUT2D eigenvalue weighted by Gasteiger charge is 2.24. The summed E-state index contributed by atoms with van der Waals surface area (Å²) in [5.74, 6) is 0.798. The molecule has 1 aliphatic heterocycles. The molecular formula is C11H22N2. The fourth-order valence-corrected chi connectivity index (χ4v) is 2.76. The number of nitrogens with zero attached hydrogens (tertiary/aromatic N) is 1. The Hall–Kier alpha value is -0.0800. The zero-order valence-corrected chi connectivity index (χ0v) is 8.54. The topological polar surface area (TPSA) is 29.3 Å². The zero-order chi connectivity index (χ0) is 9.10. The van der Waals surface area contributed by atoms with Crippen LogP contribution >= 0.6 is 0 Å². The highest BCUT2D eigenvalue weighted by atomic mass is 15.1. The van der Waals surface area contributed by atoms with E-state index >= 15 is 0 Å². The first-order chi connectivity index (χ1) is 6.36. The van der Waals surface area contributed by atoms with Crippen molar-refractivity contribution in [2.24, 2.45) is 11.7 Å². The molecule has 2 atom stereocenters. The fraction of sp³-hybridized carbons (Fsp3) is 1.00. The van der Waals surface area contributed by atoms with Gasteiger partial charge in [-0.2, -0.15) is 0 Å². The highest BCUT2D eigenvalue weighted by molar-refractivity contribution is 4.81. The van der Waals surface area contributed by atoms with Crippen LogP contribution in [0.1, 0.15) is 38.5 Å². The Kier molecular flexibility index (Phi) is 3.23. The fourth-order valence-electron chi connectivity index (χ4n) is 2.76. The van der Waals surface area contributed by atoms with E-state index in [1.807, 2.05) is 0 Å². The maximum atomic E-state index is 6.13. The van der Waals surface area contributed by atoms with E-state index in [0.29, 0.717) is 6.04 Å². The first kappa shape index (κ1) is 9.47. The van der Waals surface area contributed by atoms with Crippen molar-refractivity contribution in [3.05, 3.63) is 0 Å². The molecular weight excluding hydrogens is 160 g/mol. The van der Waals surface area contributed by atoms with Crippen LogP contribution in [0.15, 0.2) is 0 Å². The number of nitrogens with two attached hydrogens (primary N) is 1. The van der Waals surface area contributed by atoms with Gasteiger partial charge in [0.1, 0.15) is 0 Å². The minimum Gasteiger partial charge on any atom is -0.327 e. The van der Waals surface area contributed by atoms with E-state index in [1.165, 1.54) is 58.2 Å². The lowest BCUT2D eigenvalue weighted by Gasteiger charge is -2.31. The van der Waals surface area contributed by atoms with Gasteiger partial charge < -0.3 is 10.6 Å². The van der Waals surface area contributed by atoms with Gasteiger partial charge in [-0.1, -0.05) is 12.8 Å². The quantitative estimate of drug-likeness (QED) is 0.703. The lowest BCUT2D eigenvalue weighted by Crippen LogP contribution is -2.40. The van der Waals surface area contributed by atoms with Crippen LogP contribution in [0.4, 0.5) is 0 Å². The molecule has 0 unspecified atom stereocenters. The molecule has 1 heterocycles. The Labute approximate surface area is 81.5 Å². The van der Waals surface area contributed by atoms with Crippen LogP contribution in [0.2, 0.25) is 0 Å². The molecule has 1 saturated heterocycles. The van der Waals surface area contributed by atoms with Gasteiger partial charge in [0.15, 0.2) is 0 Å². The Morgan fingerprint density at radius 2 is 1.69 bits per heavy atom. The molecule has 2 rings (SSSR count). The summed E-state index contributed by atoms with van der Waals surface area (Å²) >= 11 is 0. The van der Waals surface area contributed by atoms with Gasteiger partial charge in [0, 0.05) is 12.6 Å². The summed E-state index contributed by atoms with van der Waals surface area (Å²) in [7, 11) is 0. The lowest BCUT2D eigenvalue weighted by atomic mass is 9.85. The molecule has 2 heteroatoms. The molecule has 1 saturated carbocycles. The SMILES string of the molecule is N[C@H]1CCCC[C@H]1CN1CCCC1. The Morgan fingerprint density at radius 3 is 2.38 bits per heavy atom. The van der Waals surface area contributed by atoms with Gasteiger partial charge in [-0.3, -0.25) is 0 Å². The standard InChI is InChI=1S/C11H22N2/c12-11-6-2-1-5-10(11)9-13-7-3-4-8-13/h10-11H,1-9,12H2/t10-,11-/m0/s1. The van der Waals surface area contributed by atoms with Crippen molar-refractivity contribution in [2.75, 3.05) is 19.6 Å². The second-order valence-electron chi connectivity index (χ2n) is 4.72. The summed E-state index contributed by atoms with van der Waals surface area (Å²) in [6, 6.07) is 0.495. The average Bonchev–Trinajstić information content (AvgIpc) is 2.61. The lowest BCUT2D eigenvalue weighted by molar-refractivity contribution is 0.211. The summed E-state index contributed by atoms with van der Waals surface area (Å²) in [6.07, 6.45) is 8.21. The van der Waals surface area contributed by atoms with Crippen LogP contribution in [-0.2, 0) is 0 Å². The van der Waals surface area contributed by atoms with Crippen molar-refractivity contribution >= 4 is 0 Å². The largest absolute Gasteiger partial charge is 0.327 e. The van der Waals surface area contributed by atoms with E-state index in [4.69, 9.17) is 5.73 Å². The van der Waals surface area contributed by atoms with Crippen LogP contribution in [0.3, 0.4) is 0 Å². The van der Waals surface area contributed by atoms with Crippen molar-refractivity contribution < 1.29 is 0 Å². The molecule has 0 aromatic carbocycles. The summed E-state index contributed by atoms with van der Waals surface area (Å²) < 4.78 is 0. The van der Waals surface area contributed by atoms with E-state index in [2.05, 4.69) is 4.90 Å². The van der Waals surface area contributed by atoms with Gasteiger partial charge in [-0.05, 0) is 44.7 Å². The van der Waals surface area contributed by atoms with Crippen molar-refractivity contribution in [3.63, 3.8) is 0 Å². The van der Waals surface area contributed by atoms with Gasteiger partial charge in [0.05, 0.1) is 0 Å². The molecule has 2 aliphatic rings. The average molecular weight is 182 g/mol. The Bertz CT molecular complexity index is 152. The van der Waals surface area contributed by atoms with Crippen LogP contribution < -0.4 is 5.73 Å². The summed E-state index contributed by atoms with van der Waals surface area (Å²) in [4.78, 5) is 2.61. The third kappa shape index (κ3) is 2.44. The predicted molar refractivity (Wildman–Crippen MR) is 55.6 cm³/mol. The van der Waals surface area contributed by atoms with Crippen molar-refractivity contribution in [1.29, 1.82) is 0 Å². The highest BCUT2D eigenvalue weighted by Crippen LogP contribution is 2.24. The number of likely N-dealkylation sites (tertiary alicyclic amines) is 1. The first-order valence-electron chi connectivity index (χ1n) is 5.84. The van der Waals surface area contributed by atoms with Crippen molar-refractivity contribution in [1.82, 2.24) is 4.90 Å². The Balaban J connectivity index is 1.78. The van der Waals surface area contributed by atoms with E-state index in [-0.39, 0.29) is 0 Å². The van der Waals surface area contributed by atoms with Crippen LogP contribution in [0.5, 0.6) is 0 Å². The van der Waals surface area contributed by atoms with Gasteiger partial charge in [-0.25, -0.2) is 0 Å². The summed E-state index contributed by atoms with van der Waals surface area (Å²) in [5, 5.41) is 0. The van der Waals surface area contributed by atoms with E-state index in [0.717, 1.165) is 5.92 Å². The smallest absolute Gasteiger partial charge is 0.00793 e. The number of hydrogen-bond donors (Lipinski definition) is 1. The molecule has 2 N–H and O–H groups in total. The van der Waals surface area contributed by atoms with Crippen LogP contribution in [-0.4, -0.2) is 30.6 Å². The zero-order valence-electron chi connectivity index (χ0n) is 8.54. The number of rotatable bonds is 2. The molecule has 0 aromatic rings. The minimum atomic E-state index is 0.495. The third-order valence-electron chi connectivity index (χ3n) is 3.66. The van der Waals surface area contributed by atoms with Gasteiger partial charge in [-0.15, -0.1) is 0 Å². The second kappa shape index (κ2) is 4.43. The van der Waals surface area contributed by atoms with E-state index in [9.17, 15) is 0 Å². The monoisotopic (exact) mass is 182 g/mol. The molecule has 0 spiro atoms. The maximum absolute atomic E-state index is 6.13. The van der Waals surface area contributed by atoms with Gasteiger partial charge in [0.2, 0.25) is 0 Å². The summed E-state index contributed by atoms with van der Waals surface area (Å²) in [5.41, 5.74) is 6.13. The molecule has 0 radical (unpaired) electrons. The first-order valence-corrected chi connectivity index (χ1v) is 5.84. The van der Waals surface area contributed by atoms with Crippen LogP contribution in [0.25, 0.3) is 0 Å². The van der Waals surface area contributed by atoms with Crippen molar-refractivity contribution in [2.45, 2.75) is 44.6 Å². The van der Waals surface area contributed by atoms with Crippen LogP contribution in [0, 0.1) is 5.92 Å². The summed E-state index contributed by atoms with van der Waals surface area (Å²) in [6.45, 7) is 3.92. The Morgan fingerprint density at radius 1 is 1.00 bits per heavy atom. The maximum Gasteiger partial charge on any atom is 0.00793 e. The van der Waals surface area contributed by atoms with Crippen molar-refractivity contribution in [3.8, 4) is 0 Å². The molecule has 0 bridgehead atoms. The van der Waals surface area contributed by atoms with E-state index in [1.54, 1.807) is 0 Å². The molecule has 1 aliphatic carbocycles. The number of hydrogen-bond acceptors (Lipinski definition) is 2. The third-order valence-corrected chi connectivity index (χ3v) is 3.66. The van der Waals surface area contributed by atoms with Gasteiger partial charge >= 0.3 is 0 Å². The molecule has 76 valence electrons. The molecule has 0 aromatic heterocycles. The van der Waals surface area contributed by atoms with Gasteiger partial charge in [0.25, 0.3) is 0 Å². The normalized spacial score (nSPS) is 36.7. The molecule has 13 heavy (non-hydrogen) atoms. The molecule has 2 fully saturated rings. The second-order valence-corrected chi connectivity index (χ2v) is 4.72.